The number of hydrogen-bond donors (Lipinski definition) is 0. The predicted octanol–water partition coefficient (Wildman–Crippen LogP) is 1.73. The lowest BCUT2D eigenvalue weighted by Crippen LogP contribution is -1.89. The van der Waals surface area contributed by atoms with Crippen LogP contribution in [0.3, 0.4) is 0 Å². The van der Waals surface area contributed by atoms with Gasteiger partial charge >= 0.3 is 0 Å². The minimum atomic E-state index is 0.344. The molecule has 0 aromatic carbocycles. The quantitative estimate of drug-likeness (QED) is 0.714. The van der Waals surface area contributed by atoms with Gasteiger partial charge in [-0.2, -0.15) is 0 Å². The van der Waals surface area contributed by atoms with Crippen molar-refractivity contribution >= 4 is 0 Å². The highest BCUT2D eigenvalue weighted by Gasteiger charge is 2.50. The first kappa shape index (κ1) is 8.69. The smallest absolute Gasteiger partial charge is 0.242 e. The molecule has 1 heterocycles. The molecule has 0 unspecified atom stereocenters. The highest BCUT2D eigenvalue weighted by molar-refractivity contribution is 5.12. The zero-order valence-corrected chi connectivity index (χ0v) is 8.20. The van der Waals surface area contributed by atoms with Gasteiger partial charge in [-0.3, -0.25) is 0 Å². The molecular formula is C9H14N2O2. The number of rotatable bonds is 3. The molecule has 72 valence electrons. The van der Waals surface area contributed by atoms with Crippen molar-refractivity contribution in [3.05, 3.63) is 11.8 Å². The first-order valence-corrected chi connectivity index (χ1v) is 4.45. The van der Waals surface area contributed by atoms with Crippen LogP contribution in [0.15, 0.2) is 4.42 Å². The van der Waals surface area contributed by atoms with Gasteiger partial charge in [0.2, 0.25) is 11.8 Å². The van der Waals surface area contributed by atoms with Crippen LogP contribution in [0.4, 0.5) is 0 Å². The number of nitrogens with zero attached hydrogens (tertiary/aromatic N) is 2. The Bertz CT molecular complexity index is 306. The van der Waals surface area contributed by atoms with E-state index in [1.54, 1.807) is 7.11 Å². The van der Waals surface area contributed by atoms with Gasteiger partial charge in [-0.05, 0) is 11.8 Å². The Kier molecular flexibility index (Phi) is 1.87. The summed E-state index contributed by atoms with van der Waals surface area (Å²) in [6.07, 6.45) is 1.14. The minimum Gasteiger partial charge on any atom is -0.422 e. The lowest BCUT2D eigenvalue weighted by Gasteiger charge is -1.96. The zero-order chi connectivity index (χ0) is 9.47. The molecule has 0 radical (unpaired) electrons. The summed E-state index contributed by atoms with van der Waals surface area (Å²) in [6, 6.07) is 0. The van der Waals surface area contributed by atoms with Crippen LogP contribution in [0.1, 0.15) is 38.0 Å². The summed E-state index contributed by atoms with van der Waals surface area (Å²) in [4.78, 5) is 0. The number of methoxy groups -OCH3 is 1. The van der Waals surface area contributed by atoms with Crippen molar-refractivity contribution in [1.82, 2.24) is 10.2 Å². The third-order valence-corrected chi connectivity index (χ3v) is 2.56. The highest BCUT2D eigenvalue weighted by Crippen LogP contribution is 2.58. The van der Waals surface area contributed by atoms with Crippen molar-refractivity contribution in [3.63, 3.8) is 0 Å². The first-order chi connectivity index (χ1) is 6.13. The van der Waals surface area contributed by atoms with Gasteiger partial charge in [-0.25, -0.2) is 0 Å². The van der Waals surface area contributed by atoms with Gasteiger partial charge < -0.3 is 9.15 Å². The Hall–Kier alpha value is -0.900. The van der Waals surface area contributed by atoms with Crippen LogP contribution in [0.25, 0.3) is 0 Å². The van der Waals surface area contributed by atoms with Gasteiger partial charge in [0.25, 0.3) is 0 Å². The van der Waals surface area contributed by atoms with E-state index in [2.05, 4.69) is 24.0 Å². The fraction of sp³-hybridized carbons (Fsp3) is 0.778. The van der Waals surface area contributed by atoms with Gasteiger partial charge in [-0.15, -0.1) is 10.2 Å². The van der Waals surface area contributed by atoms with Crippen molar-refractivity contribution in [2.75, 3.05) is 7.11 Å². The molecule has 0 amide bonds. The summed E-state index contributed by atoms with van der Waals surface area (Å²) in [6.45, 7) is 4.82. The topological polar surface area (TPSA) is 48.2 Å². The van der Waals surface area contributed by atoms with Crippen LogP contribution < -0.4 is 0 Å². The minimum absolute atomic E-state index is 0.344. The molecule has 0 saturated heterocycles. The second kappa shape index (κ2) is 2.80. The second-order valence-electron chi connectivity index (χ2n) is 4.21. The molecule has 1 aliphatic rings. The van der Waals surface area contributed by atoms with E-state index in [0.29, 0.717) is 23.8 Å². The highest BCUT2D eigenvalue weighted by atomic mass is 16.5. The fourth-order valence-electron chi connectivity index (χ4n) is 1.48. The average Bonchev–Trinajstić information content (AvgIpc) is 2.52. The predicted molar refractivity (Wildman–Crippen MR) is 46.2 cm³/mol. The van der Waals surface area contributed by atoms with Crippen LogP contribution in [0, 0.1) is 5.41 Å². The standard InChI is InChI=1S/C9H14N2O2/c1-9(2)4-6(9)8-11-10-7(13-8)5-12-3/h6H,4-5H2,1-3H3/t6-/m1/s1. The molecule has 4 nitrogen and oxygen atoms in total. The van der Waals surface area contributed by atoms with Crippen LogP contribution in [0.2, 0.25) is 0 Å². The van der Waals surface area contributed by atoms with Crippen molar-refractivity contribution in [2.24, 2.45) is 5.41 Å². The van der Waals surface area contributed by atoms with Crippen LogP contribution in [0.5, 0.6) is 0 Å². The largest absolute Gasteiger partial charge is 0.422 e. The van der Waals surface area contributed by atoms with Crippen LogP contribution in [-0.2, 0) is 11.3 Å². The second-order valence-corrected chi connectivity index (χ2v) is 4.21. The third kappa shape index (κ3) is 1.58. The summed E-state index contributed by atoms with van der Waals surface area (Å²) in [5, 5.41) is 7.89. The molecule has 13 heavy (non-hydrogen) atoms. The van der Waals surface area contributed by atoms with Crippen molar-refractivity contribution in [2.45, 2.75) is 32.8 Å². The summed E-state index contributed by atoms with van der Waals surface area (Å²) in [5.41, 5.74) is 0.344. The number of aromatic nitrogens is 2. The molecule has 0 aliphatic heterocycles. The SMILES string of the molecule is COCc1nnc([C@H]2CC2(C)C)o1. The van der Waals surface area contributed by atoms with Crippen molar-refractivity contribution in [1.29, 1.82) is 0 Å². The van der Waals surface area contributed by atoms with E-state index in [-0.39, 0.29) is 0 Å². The van der Waals surface area contributed by atoms with Gasteiger partial charge in [0.1, 0.15) is 6.61 Å². The summed E-state index contributed by atoms with van der Waals surface area (Å²) < 4.78 is 10.3. The molecule has 1 aromatic heterocycles. The molecule has 2 rings (SSSR count). The van der Waals surface area contributed by atoms with E-state index < -0.39 is 0 Å². The lowest BCUT2D eigenvalue weighted by atomic mass is 10.1. The van der Waals surface area contributed by atoms with Gasteiger partial charge in [0.05, 0.1) is 0 Å². The van der Waals surface area contributed by atoms with E-state index in [0.717, 1.165) is 12.3 Å². The molecular weight excluding hydrogens is 168 g/mol. The molecule has 4 heteroatoms. The van der Waals surface area contributed by atoms with Crippen LogP contribution >= 0.6 is 0 Å². The number of hydrogen-bond acceptors (Lipinski definition) is 4. The van der Waals surface area contributed by atoms with Crippen LogP contribution in [-0.4, -0.2) is 17.3 Å². The van der Waals surface area contributed by atoms with E-state index >= 15 is 0 Å². The summed E-state index contributed by atoms with van der Waals surface area (Å²) in [7, 11) is 1.62. The molecule has 1 fully saturated rings. The molecule has 0 bridgehead atoms. The van der Waals surface area contributed by atoms with Gasteiger partial charge in [-0.1, -0.05) is 13.8 Å². The van der Waals surface area contributed by atoms with Crippen molar-refractivity contribution < 1.29 is 9.15 Å². The van der Waals surface area contributed by atoms with E-state index in [9.17, 15) is 0 Å². The molecule has 1 saturated carbocycles. The monoisotopic (exact) mass is 182 g/mol. The number of ether oxygens (including phenoxy) is 1. The van der Waals surface area contributed by atoms with Gasteiger partial charge in [0.15, 0.2) is 0 Å². The Morgan fingerprint density at radius 2 is 2.23 bits per heavy atom. The van der Waals surface area contributed by atoms with E-state index in [4.69, 9.17) is 9.15 Å². The molecule has 0 spiro atoms. The maximum atomic E-state index is 5.44. The zero-order valence-electron chi connectivity index (χ0n) is 8.20. The molecule has 1 aliphatic carbocycles. The first-order valence-electron chi connectivity index (χ1n) is 4.45. The molecule has 0 N–H and O–H groups in total. The maximum Gasteiger partial charge on any atom is 0.242 e. The third-order valence-electron chi connectivity index (χ3n) is 2.56. The van der Waals surface area contributed by atoms with E-state index in [1.165, 1.54) is 0 Å². The molecule has 1 atom stereocenters. The summed E-state index contributed by atoms with van der Waals surface area (Å²) >= 11 is 0. The van der Waals surface area contributed by atoms with E-state index in [1.807, 2.05) is 0 Å². The summed E-state index contributed by atoms with van der Waals surface area (Å²) in [5.74, 6) is 1.78. The maximum absolute atomic E-state index is 5.44. The molecule has 1 aromatic rings. The Balaban J connectivity index is 2.07. The Morgan fingerprint density at radius 1 is 1.54 bits per heavy atom. The van der Waals surface area contributed by atoms with Gasteiger partial charge in [0, 0.05) is 13.0 Å². The Morgan fingerprint density at radius 3 is 2.77 bits per heavy atom. The lowest BCUT2D eigenvalue weighted by molar-refractivity contribution is 0.157. The Labute approximate surface area is 77.3 Å². The fourth-order valence-corrected chi connectivity index (χ4v) is 1.48. The normalized spacial score (nSPS) is 24.7. The van der Waals surface area contributed by atoms with Crippen molar-refractivity contribution in [3.8, 4) is 0 Å². The average molecular weight is 182 g/mol.